The van der Waals surface area contributed by atoms with Crippen molar-refractivity contribution in [3.8, 4) is 0 Å². The minimum Gasteiger partial charge on any atom is -0.454 e. The highest BCUT2D eigenvalue weighted by molar-refractivity contribution is 7.89. The molecule has 154 valence electrons. The third-order valence-corrected chi connectivity index (χ3v) is 6.86. The van der Waals surface area contributed by atoms with Crippen LogP contribution in [-0.2, 0) is 14.8 Å². The molecule has 0 amide bonds. The molecule has 0 bridgehead atoms. The normalized spacial score (nSPS) is 15.8. The molecule has 0 aromatic heterocycles. The molecule has 1 aliphatic heterocycles. The van der Waals surface area contributed by atoms with Crippen molar-refractivity contribution in [2.45, 2.75) is 24.7 Å². The Kier molecular flexibility index (Phi) is 6.44. The molecule has 1 heterocycles. The van der Waals surface area contributed by atoms with E-state index in [2.05, 4.69) is 6.92 Å². The Morgan fingerprint density at radius 2 is 1.72 bits per heavy atom. The molecule has 0 saturated carbocycles. The van der Waals surface area contributed by atoms with Gasteiger partial charge >= 0.3 is 5.97 Å². The highest BCUT2D eigenvalue weighted by atomic mass is 32.2. The summed E-state index contributed by atoms with van der Waals surface area (Å²) in [6.07, 6.45) is 1.64. The van der Waals surface area contributed by atoms with Gasteiger partial charge in [-0.05, 0) is 55.2 Å². The number of esters is 1. The summed E-state index contributed by atoms with van der Waals surface area (Å²) in [7, 11) is -3.60. The smallest absolute Gasteiger partial charge is 0.338 e. The van der Waals surface area contributed by atoms with Gasteiger partial charge in [0.05, 0.1) is 10.5 Å². The molecule has 1 fully saturated rings. The molecular weight excluding hydrogens is 397 g/mol. The molecule has 0 atom stereocenters. The van der Waals surface area contributed by atoms with E-state index in [1.54, 1.807) is 0 Å². The minimum absolute atomic E-state index is 0.107. The van der Waals surface area contributed by atoms with Crippen LogP contribution in [0.5, 0.6) is 0 Å². The standard InChI is InChI=1S/C21H22FNO5S/c1-15-9-11-23(12-10-15)29(26,27)19-7-5-16(6-8-19)21(25)28-14-20(24)17-3-2-4-18(22)13-17/h2-8,13,15H,9-12,14H2,1H3. The van der Waals surface area contributed by atoms with Crippen LogP contribution in [-0.4, -0.2) is 44.2 Å². The number of hydrogen-bond acceptors (Lipinski definition) is 5. The maximum Gasteiger partial charge on any atom is 0.338 e. The molecule has 2 aromatic rings. The largest absolute Gasteiger partial charge is 0.454 e. The average molecular weight is 419 g/mol. The molecule has 0 radical (unpaired) electrons. The van der Waals surface area contributed by atoms with E-state index < -0.39 is 34.2 Å². The van der Waals surface area contributed by atoms with Crippen LogP contribution in [0.25, 0.3) is 0 Å². The van der Waals surface area contributed by atoms with E-state index in [1.807, 2.05) is 0 Å². The summed E-state index contributed by atoms with van der Waals surface area (Å²) in [5.41, 5.74) is 0.235. The van der Waals surface area contributed by atoms with Crippen molar-refractivity contribution in [1.29, 1.82) is 0 Å². The van der Waals surface area contributed by atoms with Gasteiger partial charge in [-0.15, -0.1) is 0 Å². The van der Waals surface area contributed by atoms with Crippen LogP contribution in [0.4, 0.5) is 4.39 Å². The van der Waals surface area contributed by atoms with Crippen LogP contribution in [0.3, 0.4) is 0 Å². The first-order chi connectivity index (χ1) is 13.8. The molecule has 0 spiro atoms. The second kappa shape index (κ2) is 8.84. The lowest BCUT2D eigenvalue weighted by atomic mass is 10.0. The van der Waals surface area contributed by atoms with Crippen LogP contribution < -0.4 is 0 Å². The van der Waals surface area contributed by atoms with Gasteiger partial charge in [-0.1, -0.05) is 19.1 Å². The minimum atomic E-state index is -3.60. The van der Waals surface area contributed by atoms with Crippen molar-refractivity contribution >= 4 is 21.8 Å². The second-order valence-corrected chi connectivity index (χ2v) is 9.06. The van der Waals surface area contributed by atoms with Crippen molar-refractivity contribution in [2.75, 3.05) is 19.7 Å². The van der Waals surface area contributed by atoms with Gasteiger partial charge in [-0.2, -0.15) is 4.31 Å². The zero-order valence-corrected chi connectivity index (χ0v) is 16.8. The highest BCUT2D eigenvalue weighted by Crippen LogP contribution is 2.23. The van der Waals surface area contributed by atoms with Crippen molar-refractivity contribution in [3.63, 3.8) is 0 Å². The van der Waals surface area contributed by atoms with E-state index in [1.165, 1.54) is 46.8 Å². The van der Waals surface area contributed by atoms with E-state index in [-0.39, 0.29) is 16.0 Å². The number of ether oxygens (including phenoxy) is 1. The molecular formula is C21H22FNO5S. The quantitative estimate of drug-likeness (QED) is 0.530. The summed E-state index contributed by atoms with van der Waals surface area (Å²) >= 11 is 0. The van der Waals surface area contributed by atoms with Crippen LogP contribution in [0.2, 0.25) is 0 Å². The number of Topliss-reactive ketones (excluding diaryl/α,β-unsaturated/α-hetero) is 1. The van der Waals surface area contributed by atoms with Gasteiger partial charge in [0.1, 0.15) is 5.82 Å². The maximum atomic E-state index is 13.2. The molecule has 2 aromatic carbocycles. The Hall–Kier alpha value is -2.58. The maximum absolute atomic E-state index is 13.2. The number of benzene rings is 2. The summed E-state index contributed by atoms with van der Waals surface area (Å²) in [6, 6.07) is 10.5. The number of carbonyl (C=O) groups excluding carboxylic acids is 2. The van der Waals surface area contributed by atoms with Crippen LogP contribution in [0.1, 0.15) is 40.5 Å². The fraction of sp³-hybridized carbons (Fsp3) is 0.333. The number of sulfonamides is 1. The molecule has 3 rings (SSSR count). The van der Waals surface area contributed by atoms with Gasteiger partial charge in [0.25, 0.3) is 0 Å². The Morgan fingerprint density at radius 1 is 1.07 bits per heavy atom. The zero-order valence-electron chi connectivity index (χ0n) is 16.0. The summed E-state index contributed by atoms with van der Waals surface area (Å²) in [5.74, 6) is -1.34. The van der Waals surface area contributed by atoms with Crippen LogP contribution in [0, 0.1) is 11.7 Å². The van der Waals surface area contributed by atoms with Gasteiger partial charge < -0.3 is 4.74 Å². The monoisotopic (exact) mass is 419 g/mol. The lowest BCUT2D eigenvalue weighted by Crippen LogP contribution is -2.37. The number of rotatable bonds is 6. The van der Waals surface area contributed by atoms with E-state index in [9.17, 15) is 22.4 Å². The van der Waals surface area contributed by atoms with Gasteiger partial charge in [0.2, 0.25) is 10.0 Å². The fourth-order valence-electron chi connectivity index (χ4n) is 3.10. The highest BCUT2D eigenvalue weighted by Gasteiger charge is 2.28. The topological polar surface area (TPSA) is 80.8 Å². The van der Waals surface area contributed by atoms with Gasteiger partial charge in [-0.25, -0.2) is 17.6 Å². The SMILES string of the molecule is CC1CCN(S(=O)(=O)c2ccc(C(=O)OCC(=O)c3cccc(F)c3)cc2)CC1. The predicted molar refractivity (Wildman–Crippen MR) is 105 cm³/mol. The zero-order chi connectivity index (χ0) is 21.0. The molecule has 29 heavy (non-hydrogen) atoms. The lowest BCUT2D eigenvalue weighted by molar-refractivity contribution is 0.0474. The number of halogens is 1. The second-order valence-electron chi connectivity index (χ2n) is 7.12. The molecule has 0 N–H and O–H groups in total. The molecule has 1 aliphatic rings. The molecule has 0 unspecified atom stereocenters. The average Bonchev–Trinajstić information content (AvgIpc) is 2.72. The van der Waals surface area contributed by atoms with E-state index in [0.717, 1.165) is 18.9 Å². The van der Waals surface area contributed by atoms with Crippen molar-refractivity contribution < 1.29 is 27.1 Å². The number of ketones is 1. The summed E-state index contributed by atoms with van der Waals surface area (Å²) in [6.45, 7) is 2.53. The third-order valence-electron chi connectivity index (χ3n) is 4.95. The van der Waals surface area contributed by atoms with Crippen LogP contribution in [0.15, 0.2) is 53.4 Å². The van der Waals surface area contributed by atoms with Gasteiger partial charge in [-0.3, -0.25) is 4.79 Å². The molecule has 8 heteroatoms. The molecule has 1 saturated heterocycles. The first-order valence-corrected chi connectivity index (χ1v) is 10.8. The molecule has 0 aliphatic carbocycles. The first kappa shape index (κ1) is 21.1. The fourth-order valence-corrected chi connectivity index (χ4v) is 4.57. The van der Waals surface area contributed by atoms with Gasteiger partial charge in [0.15, 0.2) is 12.4 Å². The number of carbonyl (C=O) groups is 2. The molecule has 6 nitrogen and oxygen atoms in total. The number of piperidine rings is 1. The summed E-state index contributed by atoms with van der Waals surface area (Å²) in [4.78, 5) is 24.2. The van der Waals surface area contributed by atoms with Gasteiger partial charge in [0, 0.05) is 18.7 Å². The van der Waals surface area contributed by atoms with Crippen LogP contribution >= 0.6 is 0 Å². The summed E-state index contributed by atoms with van der Waals surface area (Å²) < 4.78 is 45.0. The lowest BCUT2D eigenvalue weighted by Gasteiger charge is -2.29. The van der Waals surface area contributed by atoms with E-state index in [4.69, 9.17) is 4.74 Å². The number of hydrogen-bond donors (Lipinski definition) is 0. The van der Waals surface area contributed by atoms with E-state index in [0.29, 0.717) is 19.0 Å². The summed E-state index contributed by atoms with van der Waals surface area (Å²) in [5, 5.41) is 0. The Balaban J connectivity index is 1.62. The van der Waals surface area contributed by atoms with E-state index >= 15 is 0 Å². The van der Waals surface area contributed by atoms with Crippen molar-refractivity contribution in [3.05, 3.63) is 65.5 Å². The first-order valence-electron chi connectivity index (χ1n) is 9.33. The van der Waals surface area contributed by atoms with Crippen molar-refractivity contribution in [1.82, 2.24) is 4.31 Å². The predicted octanol–water partition coefficient (Wildman–Crippen LogP) is 3.29. The van der Waals surface area contributed by atoms with Crippen molar-refractivity contribution in [2.24, 2.45) is 5.92 Å². The Bertz CT molecular complexity index is 996. The Morgan fingerprint density at radius 3 is 2.34 bits per heavy atom. The Labute approximate surface area is 169 Å². The third kappa shape index (κ3) is 5.07. The number of nitrogens with zero attached hydrogens (tertiary/aromatic N) is 1.